The molecule has 0 aliphatic heterocycles. The lowest BCUT2D eigenvalue weighted by atomic mass is 9.92. The third-order valence-electron chi connectivity index (χ3n) is 5.01. The molecule has 28 heavy (non-hydrogen) atoms. The van der Waals surface area contributed by atoms with Gasteiger partial charge in [0.1, 0.15) is 0 Å². The fraction of sp³-hybridized carbons (Fsp3) is 0.474. The lowest BCUT2D eigenvalue weighted by molar-refractivity contribution is 0.410. The molecule has 4 rings (SSSR count). The van der Waals surface area contributed by atoms with Gasteiger partial charge < -0.3 is 16.4 Å². The average molecular weight is 401 g/mol. The molecule has 0 amide bonds. The Labute approximate surface area is 168 Å². The van der Waals surface area contributed by atoms with E-state index in [-0.39, 0.29) is 6.04 Å². The van der Waals surface area contributed by atoms with Gasteiger partial charge in [-0.15, -0.1) is 5.10 Å². The molecule has 0 spiro atoms. The summed E-state index contributed by atoms with van der Waals surface area (Å²) in [6, 6.07) is 8.25. The van der Waals surface area contributed by atoms with Crippen LogP contribution in [0, 0.1) is 0 Å². The standard InChI is InChI=1S/C19H25ClN8/c1-11(2)28-18-16(26-27-28)17(22-15-5-3-4-12(20)10-15)24-19(25-18)23-14-8-6-13(21)7-9-14/h3-5,10-11,13-14H,6-9,21H2,1-2H3,(H2,22,23,24,25)/t13-,14-. The van der Waals surface area contributed by atoms with Crippen molar-refractivity contribution in [3.63, 3.8) is 0 Å². The SMILES string of the molecule is CC(C)n1nnc2c(Nc3cccc(Cl)c3)nc(N[C@H]3CC[C@H](N)CC3)nc21. The van der Waals surface area contributed by atoms with Crippen molar-refractivity contribution in [1.82, 2.24) is 25.0 Å². The minimum absolute atomic E-state index is 0.138. The van der Waals surface area contributed by atoms with E-state index in [4.69, 9.17) is 22.3 Å². The fourth-order valence-corrected chi connectivity index (χ4v) is 3.67. The number of hydrogen-bond acceptors (Lipinski definition) is 7. The minimum Gasteiger partial charge on any atom is -0.351 e. The highest BCUT2D eigenvalue weighted by atomic mass is 35.5. The molecule has 1 aromatic carbocycles. The molecule has 1 aliphatic rings. The molecule has 0 radical (unpaired) electrons. The highest BCUT2D eigenvalue weighted by Gasteiger charge is 2.21. The molecule has 0 bridgehead atoms. The smallest absolute Gasteiger partial charge is 0.227 e. The number of nitrogens with zero attached hydrogens (tertiary/aromatic N) is 5. The summed E-state index contributed by atoms with van der Waals surface area (Å²) in [4.78, 5) is 9.40. The van der Waals surface area contributed by atoms with Crippen LogP contribution in [-0.4, -0.2) is 37.0 Å². The number of hydrogen-bond donors (Lipinski definition) is 3. The first-order valence-corrected chi connectivity index (χ1v) is 10.0. The van der Waals surface area contributed by atoms with E-state index in [9.17, 15) is 0 Å². The molecule has 0 atom stereocenters. The topological polar surface area (TPSA) is 107 Å². The third-order valence-corrected chi connectivity index (χ3v) is 5.24. The highest BCUT2D eigenvalue weighted by Crippen LogP contribution is 2.27. The largest absolute Gasteiger partial charge is 0.351 e. The maximum absolute atomic E-state index is 6.12. The molecule has 3 aromatic rings. The number of nitrogens with one attached hydrogen (secondary N) is 2. The van der Waals surface area contributed by atoms with Crippen molar-refractivity contribution in [2.45, 2.75) is 57.7 Å². The van der Waals surface area contributed by atoms with E-state index < -0.39 is 0 Å². The van der Waals surface area contributed by atoms with Crippen LogP contribution in [0.1, 0.15) is 45.6 Å². The Kier molecular flexibility index (Phi) is 5.32. The zero-order chi connectivity index (χ0) is 19.7. The Morgan fingerprint density at radius 1 is 1.18 bits per heavy atom. The van der Waals surface area contributed by atoms with Gasteiger partial charge in [0.2, 0.25) is 5.95 Å². The van der Waals surface area contributed by atoms with Gasteiger partial charge in [0.05, 0.1) is 6.04 Å². The first-order valence-electron chi connectivity index (χ1n) is 9.67. The summed E-state index contributed by atoms with van der Waals surface area (Å²) in [6.07, 6.45) is 4.06. The zero-order valence-corrected chi connectivity index (χ0v) is 16.8. The molecule has 2 aromatic heterocycles. The lowest BCUT2D eigenvalue weighted by Gasteiger charge is -2.26. The predicted octanol–water partition coefficient (Wildman–Crippen LogP) is 3.88. The molecule has 148 valence electrons. The number of rotatable bonds is 5. The Morgan fingerprint density at radius 3 is 2.68 bits per heavy atom. The number of nitrogens with two attached hydrogens (primary N) is 1. The summed E-state index contributed by atoms with van der Waals surface area (Å²) >= 11 is 6.12. The van der Waals surface area contributed by atoms with E-state index in [1.165, 1.54) is 0 Å². The van der Waals surface area contributed by atoms with Crippen molar-refractivity contribution >= 4 is 40.2 Å². The van der Waals surface area contributed by atoms with Crippen LogP contribution in [0.25, 0.3) is 11.2 Å². The van der Waals surface area contributed by atoms with Crippen LogP contribution in [0.2, 0.25) is 5.02 Å². The van der Waals surface area contributed by atoms with E-state index in [2.05, 4.69) is 39.8 Å². The summed E-state index contributed by atoms with van der Waals surface area (Å²) in [5.74, 6) is 1.18. The second-order valence-electron chi connectivity index (χ2n) is 7.59. The van der Waals surface area contributed by atoms with Crippen LogP contribution in [0.3, 0.4) is 0 Å². The van der Waals surface area contributed by atoms with Gasteiger partial charge in [-0.2, -0.15) is 9.97 Å². The van der Waals surface area contributed by atoms with Crippen molar-refractivity contribution in [2.75, 3.05) is 10.6 Å². The van der Waals surface area contributed by atoms with E-state index in [1.54, 1.807) is 0 Å². The van der Waals surface area contributed by atoms with Crippen LogP contribution in [0.15, 0.2) is 24.3 Å². The van der Waals surface area contributed by atoms with Crippen molar-refractivity contribution < 1.29 is 0 Å². The summed E-state index contributed by atoms with van der Waals surface area (Å²) < 4.78 is 1.81. The second kappa shape index (κ2) is 7.89. The molecule has 1 fully saturated rings. The van der Waals surface area contributed by atoms with Gasteiger partial charge in [-0.25, -0.2) is 4.68 Å². The lowest BCUT2D eigenvalue weighted by Crippen LogP contribution is -2.33. The summed E-state index contributed by atoms with van der Waals surface area (Å²) in [7, 11) is 0. The molecule has 1 aliphatic carbocycles. The van der Waals surface area contributed by atoms with Crippen LogP contribution < -0.4 is 16.4 Å². The molecule has 0 saturated heterocycles. The second-order valence-corrected chi connectivity index (χ2v) is 8.02. The monoisotopic (exact) mass is 400 g/mol. The molecule has 8 nitrogen and oxygen atoms in total. The van der Waals surface area contributed by atoms with Crippen LogP contribution in [0.5, 0.6) is 0 Å². The first-order chi connectivity index (χ1) is 13.5. The van der Waals surface area contributed by atoms with E-state index in [1.807, 2.05) is 28.9 Å². The van der Waals surface area contributed by atoms with Gasteiger partial charge in [-0.05, 0) is 57.7 Å². The minimum atomic E-state index is 0.138. The van der Waals surface area contributed by atoms with Gasteiger partial charge in [-0.1, -0.05) is 22.9 Å². The highest BCUT2D eigenvalue weighted by molar-refractivity contribution is 6.30. The molecule has 9 heteroatoms. The summed E-state index contributed by atoms with van der Waals surface area (Å²) in [5.41, 5.74) is 8.19. The van der Waals surface area contributed by atoms with E-state index in [0.29, 0.717) is 40.0 Å². The van der Waals surface area contributed by atoms with Gasteiger partial charge in [0.25, 0.3) is 0 Å². The van der Waals surface area contributed by atoms with E-state index in [0.717, 1.165) is 31.4 Å². The molecular weight excluding hydrogens is 376 g/mol. The number of aromatic nitrogens is 5. The van der Waals surface area contributed by atoms with Crippen molar-refractivity contribution in [3.05, 3.63) is 29.3 Å². The number of halogens is 1. The zero-order valence-electron chi connectivity index (χ0n) is 16.1. The van der Waals surface area contributed by atoms with Crippen molar-refractivity contribution in [2.24, 2.45) is 5.73 Å². The first kappa shape index (κ1) is 18.9. The number of fused-ring (bicyclic) bond motifs is 1. The van der Waals surface area contributed by atoms with Crippen molar-refractivity contribution in [1.29, 1.82) is 0 Å². The van der Waals surface area contributed by atoms with Crippen LogP contribution >= 0.6 is 11.6 Å². The molecule has 1 saturated carbocycles. The van der Waals surface area contributed by atoms with E-state index >= 15 is 0 Å². The fourth-order valence-electron chi connectivity index (χ4n) is 3.48. The normalized spacial score (nSPS) is 19.9. The quantitative estimate of drug-likeness (QED) is 0.596. The number of anilines is 3. The van der Waals surface area contributed by atoms with Gasteiger partial charge in [-0.3, -0.25) is 0 Å². The average Bonchev–Trinajstić information content (AvgIpc) is 3.08. The predicted molar refractivity (Wildman–Crippen MR) is 112 cm³/mol. The summed E-state index contributed by atoms with van der Waals surface area (Å²) in [5, 5.41) is 16.0. The Bertz CT molecular complexity index is 962. The molecular formula is C19H25ClN8. The molecule has 4 N–H and O–H groups in total. The molecule has 2 heterocycles. The van der Waals surface area contributed by atoms with Gasteiger partial charge in [0, 0.05) is 22.8 Å². The maximum atomic E-state index is 6.12. The van der Waals surface area contributed by atoms with Gasteiger partial charge in [0.15, 0.2) is 17.0 Å². The van der Waals surface area contributed by atoms with Crippen LogP contribution in [0.4, 0.5) is 17.5 Å². The summed E-state index contributed by atoms with van der Waals surface area (Å²) in [6.45, 7) is 4.10. The Balaban J connectivity index is 1.70. The third kappa shape index (κ3) is 4.02. The number of benzene rings is 1. The Hall–Kier alpha value is -2.45. The van der Waals surface area contributed by atoms with Crippen LogP contribution in [-0.2, 0) is 0 Å². The molecule has 0 unspecified atom stereocenters. The maximum Gasteiger partial charge on any atom is 0.227 e. The Morgan fingerprint density at radius 2 is 1.96 bits per heavy atom. The van der Waals surface area contributed by atoms with Crippen molar-refractivity contribution in [3.8, 4) is 0 Å². The van der Waals surface area contributed by atoms with Gasteiger partial charge >= 0.3 is 0 Å².